The van der Waals surface area contributed by atoms with Crippen LogP contribution in [0.5, 0.6) is 0 Å². The van der Waals surface area contributed by atoms with Gasteiger partial charge in [-0.1, -0.05) is 84.4 Å². The van der Waals surface area contributed by atoms with E-state index >= 15 is 0 Å². The number of hydrogen-bond acceptors (Lipinski definition) is 5. The van der Waals surface area contributed by atoms with Crippen LogP contribution in [0.3, 0.4) is 0 Å². The van der Waals surface area contributed by atoms with Crippen LogP contribution >= 0.6 is 11.8 Å². The highest BCUT2D eigenvalue weighted by atomic mass is 32.2. The molecule has 0 aliphatic carbocycles. The smallest absolute Gasteiger partial charge is 0.272 e. The van der Waals surface area contributed by atoms with E-state index in [9.17, 15) is 19.2 Å². The first-order chi connectivity index (χ1) is 22.7. The van der Waals surface area contributed by atoms with Crippen molar-refractivity contribution in [1.29, 1.82) is 0 Å². The lowest BCUT2D eigenvalue weighted by molar-refractivity contribution is -0.116. The quantitative estimate of drug-likeness (QED) is 0.0770. The summed E-state index contributed by atoms with van der Waals surface area (Å²) < 4.78 is 0. The first-order valence-electron chi connectivity index (χ1n) is 14.9. The number of ketones is 1. The second-order valence-corrected chi connectivity index (χ2v) is 12.0. The summed E-state index contributed by atoms with van der Waals surface area (Å²) >= 11 is 1.34. The molecular formula is C39H33N3O4S. The van der Waals surface area contributed by atoms with E-state index in [1.807, 2.05) is 73.7 Å². The van der Waals surface area contributed by atoms with Crippen LogP contribution in [-0.2, 0) is 9.59 Å². The van der Waals surface area contributed by atoms with Gasteiger partial charge in [-0.25, -0.2) is 0 Å². The number of hydrogen-bond donors (Lipinski definition) is 3. The largest absolute Gasteiger partial charge is 0.325 e. The predicted molar refractivity (Wildman–Crippen MR) is 188 cm³/mol. The molecule has 0 spiro atoms. The zero-order chi connectivity index (χ0) is 33.2. The van der Waals surface area contributed by atoms with Gasteiger partial charge >= 0.3 is 0 Å². The molecule has 5 rings (SSSR count). The Hall–Kier alpha value is -5.73. The fourth-order valence-electron chi connectivity index (χ4n) is 4.75. The van der Waals surface area contributed by atoms with Crippen LogP contribution in [0.4, 0.5) is 11.4 Å². The monoisotopic (exact) mass is 639 g/mol. The van der Waals surface area contributed by atoms with Gasteiger partial charge in [0, 0.05) is 27.4 Å². The van der Waals surface area contributed by atoms with Gasteiger partial charge in [-0.05, 0) is 85.6 Å². The number of amides is 3. The van der Waals surface area contributed by atoms with Crippen molar-refractivity contribution in [2.24, 2.45) is 0 Å². The lowest BCUT2D eigenvalue weighted by Gasteiger charge is -2.18. The molecule has 1 unspecified atom stereocenters. The number of benzene rings is 5. The van der Waals surface area contributed by atoms with Crippen LogP contribution in [0, 0.1) is 6.92 Å². The molecule has 0 saturated heterocycles. The molecule has 5 aromatic rings. The summed E-state index contributed by atoms with van der Waals surface area (Å²) in [5.74, 6) is -1.19. The number of Topliss-reactive ketones (excluding diaryl/α,β-unsaturated/α-hetero) is 1. The maximum Gasteiger partial charge on any atom is 0.272 e. The number of anilines is 2. The van der Waals surface area contributed by atoms with Gasteiger partial charge in [-0.15, -0.1) is 11.8 Å². The third-order valence-electron chi connectivity index (χ3n) is 7.13. The van der Waals surface area contributed by atoms with Gasteiger partial charge in [0.25, 0.3) is 11.8 Å². The molecule has 0 fully saturated rings. The van der Waals surface area contributed by atoms with Gasteiger partial charge in [0.15, 0.2) is 5.78 Å². The van der Waals surface area contributed by atoms with Crippen LogP contribution in [0.1, 0.15) is 49.6 Å². The molecule has 0 aliphatic heterocycles. The second kappa shape index (κ2) is 15.5. The Kier molecular flexibility index (Phi) is 10.8. The Morgan fingerprint density at radius 2 is 1.34 bits per heavy atom. The van der Waals surface area contributed by atoms with E-state index in [1.165, 1.54) is 18.7 Å². The fourth-order valence-corrected chi connectivity index (χ4v) is 5.83. The van der Waals surface area contributed by atoms with Crippen molar-refractivity contribution in [1.82, 2.24) is 5.32 Å². The number of carbonyl (C=O) groups excluding carboxylic acids is 4. The molecule has 7 nitrogen and oxygen atoms in total. The maximum absolute atomic E-state index is 13.6. The van der Waals surface area contributed by atoms with Crippen molar-refractivity contribution in [3.63, 3.8) is 0 Å². The summed E-state index contributed by atoms with van der Waals surface area (Å²) in [4.78, 5) is 52.7. The molecule has 47 heavy (non-hydrogen) atoms. The summed E-state index contributed by atoms with van der Waals surface area (Å²) in [6, 6.07) is 39.7. The first kappa shape index (κ1) is 32.7. The van der Waals surface area contributed by atoms with E-state index in [4.69, 9.17) is 0 Å². The highest BCUT2D eigenvalue weighted by Crippen LogP contribution is 2.37. The standard InChI is InChI=1S/C39H33N3O4S/c1-26-11-9-12-28(23-26)24-35(42-37(44)31-15-7-4-8-16-31)38(45)41-33-17-10-18-34(25-33)47-36(30-13-5-3-6-14-30)39(46)40-32-21-19-29(20-22-32)27(2)43/h3-25,36H,1-2H3,(H,40,46)(H,41,45)(H,42,44)/b35-24+. The molecule has 0 saturated carbocycles. The summed E-state index contributed by atoms with van der Waals surface area (Å²) in [6.07, 6.45) is 1.64. The van der Waals surface area contributed by atoms with Gasteiger partial charge in [0.1, 0.15) is 10.9 Å². The highest BCUT2D eigenvalue weighted by molar-refractivity contribution is 8.00. The van der Waals surface area contributed by atoms with E-state index in [0.29, 0.717) is 22.5 Å². The number of thioether (sulfide) groups is 1. The van der Waals surface area contributed by atoms with Gasteiger partial charge in [0.2, 0.25) is 5.91 Å². The van der Waals surface area contributed by atoms with Crippen LogP contribution in [0.2, 0.25) is 0 Å². The minimum atomic E-state index is -0.614. The van der Waals surface area contributed by atoms with E-state index in [2.05, 4.69) is 16.0 Å². The fraction of sp³-hybridized carbons (Fsp3) is 0.0769. The molecule has 0 aliphatic rings. The SMILES string of the molecule is CC(=O)c1ccc(NC(=O)C(Sc2cccc(NC(=O)/C(=C\c3cccc(C)c3)NC(=O)c3ccccc3)c2)c2ccccc2)cc1. The highest BCUT2D eigenvalue weighted by Gasteiger charge is 2.23. The van der Waals surface area contributed by atoms with Crippen molar-refractivity contribution in [3.8, 4) is 0 Å². The lowest BCUT2D eigenvalue weighted by Crippen LogP contribution is -2.30. The lowest BCUT2D eigenvalue weighted by atomic mass is 10.1. The van der Waals surface area contributed by atoms with Crippen molar-refractivity contribution >= 4 is 52.7 Å². The molecule has 234 valence electrons. The summed E-state index contributed by atoms with van der Waals surface area (Å²) in [5.41, 5.74) is 4.73. The molecule has 0 aromatic heterocycles. The molecule has 0 heterocycles. The van der Waals surface area contributed by atoms with E-state index in [1.54, 1.807) is 72.8 Å². The normalized spacial score (nSPS) is 11.7. The van der Waals surface area contributed by atoms with Gasteiger partial charge in [0.05, 0.1) is 0 Å². The number of carbonyl (C=O) groups is 4. The summed E-state index contributed by atoms with van der Waals surface area (Å²) in [5, 5.41) is 8.02. The molecule has 3 amide bonds. The van der Waals surface area contributed by atoms with Crippen LogP contribution < -0.4 is 16.0 Å². The van der Waals surface area contributed by atoms with Crippen molar-refractivity contribution < 1.29 is 19.2 Å². The van der Waals surface area contributed by atoms with Crippen molar-refractivity contribution in [2.75, 3.05) is 10.6 Å². The third-order valence-corrected chi connectivity index (χ3v) is 8.38. The Morgan fingerprint density at radius 3 is 2.02 bits per heavy atom. The van der Waals surface area contributed by atoms with Crippen LogP contribution in [0.25, 0.3) is 6.08 Å². The van der Waals surface area contributed by atoms with Crippen LogP contribution in [-0.4, -0.2) is 23.5 Å². The molecule has 1 atom stereocenters. The molecule has 3 N–H and O–H groups in total. The average Bonchev–Trinajstić information content (AvgIpc) is 3.08. The maximum atomic E-state index is 13.6. The zero-order valence-electron chi connectivity index (χ0n) is 25.9. The minimum absolute atomic E-state index is 0.0519. The Morgan fingerprint density at radius 1 is 0.660 bits per heavy atom. The topological polar surface area (TPSA) is 104 Å². The number of aryl methyl sites for hydroxylation is 1. The van der Waals surface area contributed by atoms with Gasteiger partial charge in [-0.2, -0.15) is 0 Å². The molecule has 8 heteroatoms. The Bertz CT molecular complexity index is 1920. The molecule has 5 aromatic carbocycles. The Balaban J connectivity index is 1.36. The number of rotatable bonds is 11. The Labute approximate surface area is 278 Å². The van der Waals surface area contributed by atoms with E-state index in [-0.39, 0.29) is 17.4 Å². The minimum Gasteiger partial charge on any atom is -0.325 e. The first-order valence-corrected chi connectivity index (χ1v) is 15.8. The molecule has 0 bridgehead atoms. The zero-order valence-corrected chi connectivity index (χ0v) is 26.7. The molecule has 0 radical (unpaired) electrons. The van der Waals surface area contributed by atoms with Crippen molar-refractivity contribution in [2.45, 2.75) is 24.0 Å². The van der Waals surface area contributed by atoms with E-state index in [0.717, 1.165) is 21.6 Å². The predicted octanol–water partition coefficient (Wildman–Crippen LogP) is 8.08. The average molecular weight is 640 g/mol. The van der Waals surface area contributed by atoms with E-state index < -0.39 is 17.1 Å². The van der Waals surface area contributed by atoms with Crippen molar-refractivity contribution in [3.05, 3.63) is 167 Å². The summed E-state index contributed by atoms with van der Waals surface area (Å²) in [6.45, 7) is 3.45. The molecular weight excluding hydrogens is 607 g/mol. The van der Waals surface area contributed by atoms with Gasteiger partial charge in [-0.3, -0.25) is 19.2 Å². The van der Waals surface area contributed by atoms with Gasteiger partial charge < -0.3 is 16.0 Å². The third kappa shape index (κ3) is 9.15. The second-order valence-electron chi connectivity index (χ2n) is 10.8. The number of nitrogens with one attached hydrogen (secondary N) is 3. The van der Waals surface area contributed by atoms with Crippen LogP contribution in [0.15, 0.2) is 144 Å². The summed E-state index contributed by atoms with van der Waals surface area (Å²) in [7, 11) is 0.